The van der Waals surface area contributed by atoms with E-state index in [2.05, 4.69) is 0 Å². The zero-order valence-electron chi connectivity index (χ0n) is 20.6. The average molecular weight is 510 g/mol. The van der Waals surface area contributed by atoms with Crippen molar-refractivity contribution in [3.05, 3.63) is 131 Å². The lowest BCUT2D eigenvalue weighted by Crippen LogP contribution is -2.30. The Kier molecular flexibility index (Phi) is 8.51. The van der Waals surface area contributed by atoms with E-state index in [-0.39, 0.29) is 18.7 Å². The zero-order chi connectivity index (χ0) is 26.9. The lowest BCUT2D eigenvalue weighted by atomic mass is 9.98. The summed E-state index contributed by atoms with van der Waals surface area (Å²) in [6.45, 7) is 0.650. The normalized spacial score (nSPS) is 10.5. The van der Waals surface area contributed by atoms with Crippen LogP contribution < -0.4 is 4.74 Å². The van der Waals surface area contributed by atoms with Crippen LogP contribution in [0.1, 0.15) is 32.6 Å². The topological polar surface area (TPSA) is 104 Å². The first-order valence-electron chi connectivity index (χ1n) is 12.1. The van der Waals surface area contributed by atoms with Crippen LogP contribution in [-0.4, -0.2) is 33.0 Å². The molecule has 0 fully saturated rings. The number of para-hydroxylation sites is 1. The van der Waals surface area contributed by atoms with Crippen molar-refractivity contribution in [2.24, 2.45) is 0 Å². The predicted molar refractivity (Wildman–Crippen MR) is 142 cm³/mol. The fraction of sp³-hybridized carbons (Fsp3) is 0.129. The standard InChI is InChI=1S/C31H27NO6/c33-29(34)18-24-13-14-25(17-26(24)19-30(35)36)31(37)32(20-22-7-3-1-4-8-22)21-23-11-15-28(16-12-23)38-27-9-5-2-6-10-27/h1-17H,18-21H2,(H,33,34)(H,35,36). The summed E-state index contributed by atoms with van der Waals surface area (Å²) in [5.74, 6) is -1.05. The number of ether oxygens (including phenoxy) is 1. The van der Waals surface area contributed by atoms with E-state index in [0.717, 1.165) is 16.9 Å². The van der Waals surface area contributed by atoms with Gasteiger partial charge in [0.15, 0.2) is 0 Å². The predicted octanol–water partition coefficient (Wildman–Crippen LogP) is 5.58. The molecule has 0 spiro atoms. The second-order valence-electron chi connectivity index (χ2n) is 8.83. The molecule has 0 aliphatic rings. The molecule has 1 amide bonds. The Hall–Kier alpha value is -4.91. The highest BCUT2D eigenvalue weighted by molar-refractivity contribution is 5.95. The van der Waals surface area contributed by atoms with Crippen molar-refractivity contribution in [3.8, 4) is 11.5 Å². The molecule has 4 aromatic carbocycles. The van der Waals surface area contributed by atoms with Gasteiger partial charge in [0.25, 0.3) is 5.91 Å². The Morgan fingerprint density at radius 1 is 0.605 bits per heavy atom. The van der Waals surface area contributed by atoms with E-state index in [9.17, 15) is 24.6 Å². The van der Waals surface area contributed by atoms with Crippen LogP contribution in [-0.2, 0) is 35.5 Å². The van der Waals surface area contributed by atoms with E-state index in [0.29, 0.717) is 35.5 Å². The number of aliphatic carboxylic acids is 2. The first kappa shape index (κ1) is 26.2. The molecule has 0 heterocycles. The molecule has 0 radical (unpaired) electrons. The van der Waals surface area contributed by atoms with E-state index in [1.165, 1.54) is 12.1 Å². The fourth-order valence-corrected chi connectivity index (χ4v) is 4.12. The number of carbonyl (C=O) groups is 3. The Labute approximate surface area is 220 Å². The molecule has 7 nitrogen and oxygen atoms in total. The highest BCUT2D eigenvalue weighted by atomic mass is 16.5. The van der Waals surface area contributed by atoms with Gasteiger partial charge in [-0.3, -0.25) is 14.4 Å². The molecule has 2 N–H and O–H groups in total. The molecule has 0 aromatic heterocycles. The third kappa shape index (κ3) is 7.30. The van der Waals surface area contributed by atoms with Crippen LogP contribution >= 0.6 is 0 Å². The van der Waals surface area contributed by atoms with Crippen molar-refractivity contribution in [3.63, 3.8) is 0 Å². The van der Waals surface area contributed by atoms with E-state index in [1.54, 1.807) is 11.0 Å². The SMILES string of the molecule is O=C(O)Cc1ccc(C(=O)N(Cc2ccccc2)Cc2ccc(Oc3ccccc3)cc2)cc1CC(=O)O. The minimum Gasteiger partial charge on any atom is -0.481 e. The number of hydrogen-bond donors (Lipinski definition) is 2. The molecule has 38 heavy (non-hydrogen) atoms. The monoisotopic (exact) mass is 509 g/mol. The number of carboxylic acids is 2. The summed E-state index contributed by atoms with van der Waals surface area (Å²) in [5, 5.41) is 18.5. The highest BCUT2D eigenvalue weighted by Gasteiger charge is 2.20. The van der Waals surface area contributed by atoms with Gasteiger partial charge >= 0.3 is 11.9 Å². The van der Waals surface area contributed by atoms with Gasteiger partial charge in [-0.25, -0.2) is 0 Å². The first-order valence-corrected chi connectivity index (χ1v) is 12.1. The zero-order valence-corrected chi connectivity index (χ0v) is 20.6. The molecule has 0 bridgehead atoms. The van der Waals surface area contributed by atoms with Crippen molar-refractivity contribution in [2.75, 3.05) is 0 Å². The van der Waals surface area contributed by atoms with Gasteiger partial charge in [-0.15, -0.1) is 0 Å². The molecule has 192 valence electrons. The lowest BCUT2D eigenvalue weighted by Gasteiger charge is -2.24. The van der Waals surface area contributed by atoms with Crippen LogP contribution in [0.25, 0.3) is 0 Å². The van der Waals surface area contributed by atoms with E-state index >= 15 is 0 Å². The van der Waals surface area contributed by atoms with Gasteiger partial charge in [-0.1, -0.05) is 66.7 Å². The average Bonchev–Trinajstić information content (AvgIpc) is 2.90. The number of amides is 1. The minimum atomic E-state index is -1.10. The summed E-state index contributed by atoms with van der Waals surface area (Å²) in [6, 6.07) is 31.1. The summed E-state index contributed by atoms with van der Waals surface area (Å²) in [5.41, 5.74) is 2.82. The number of carboxylic acid groups (broad SMARTS) is 2. The number of benzene rings is 4. The molecule has 0 atom stereocenters. The van der Waals surface area contributed by atoms with Crippen LogP contribution in [0.4, 0.5) is 0 Å². The van der Waals surface area contributed by atoms with Crippen molar-refractivity contribution < 1.29 is 29.3 Å². The van der Waals surface area contributed by atoms with Gasteiger partial charge in [0.05, 0.1) is 12.8 Å². The second kappa shape index (κ2) is 12.4. The van der Waals surface area contributed by atoms with Gasteiger partial charge in [-0.05, 0) is 58.7 Å². The maximum absolute atomic E-state index is 13.7. The molecule has 0 saturated carbocycles. The van der Waals surface area contributed by atoms with Crippen LogP contribution in [0, 0.1) is 0 Å². The maximum Gasteiger partial charge on any atom is 0.307 e. The van der Waals surface area contributed by atoms with Gasteiger partial charge in [0.2, 0.25) is 0 Å². The number of rotatable bonds is 11. The summed E-state index contributed by atoms with van der Waals surface area (Å²) < 4.78 is 5.86. The third-order valence-corrected chi connectivity index (χ3v) is 5.92. The molecule has 4 aromatic rings. The minimum absolute atomic E-state index is 0.285. The van der Waals surface area contributed by atoms with Gasteiger partial charge in [-0.2, -0.15) is 0 Å². The molecule has 0 aliphatic carbocycles. The van der Waals surface area contributed by atoms with Gasteiger partial charge in [0, 0.05) is 18.7 Å². The second-order valence-corrected chi connectivity index (χ2v) is 8.83. The molecule has 0 saturated heterocycles. The Morgan fingerprint density at radius 2 is 1.13 bits per heavy atom. The van der Waals surface area contributed by atoms with Gasteiger partial charge < -0.3 is 19.8 Å². The fourth-order valence-electron chi connectivity index (χ4n) is 4.12. The Bertz CT molecular complexity index is 1400. The van der Waals surface area contributed by atoms with E-state index in [1.807, 2.05) is 84.9 Å². The highest BCUT2D eigenvalue weighted by Crippen LogP contribution is 2.23. The Balaban J connectivity index is 1.59. The first-order chi connectivity index (χ1) is 18.4. The van der Waals surface area contributed by atoms with Crippen molar-refractivity contribution >= 4 is 17.8 Å². The lowest BCUT2D eigenvalue weighted by molar-refractivity contribution is -0.137. The van der Waals surface area contributed by atoms with Gasteiger partial charge in [0.1, 0.15) is 11.5 Å². The molecular weight excluding hydrogens is 482 g/mol. The van der Waals surface area contributed by atoms with Crippen LogP contribution in [0.3, 0.4) is 0 Å². The molecule has 4 rings (SSSR count). The molecule has 0 aliphatic heterocycles. The van der Waals surface area contributed by atoms with Crippen LogP contribution in [0.15, 0.2) is 103 Å². The number of nitrogens with zero attached hydrogens (tertiary/aromatic N) is 1. The maximum atomic E-state index is 13.7. The molecule has 7 heteroatoms. The molecule has 0 unspecified atom stereocenters. The smallest absolute Gasteiger partial charge is 0.307 e. The van der Waals surface area contributed by atoms with Crippen LogP contribution in [0.2, 0.25) is 0 Å². The summed E-state index contributed by atoms with van der Waals surface area (Å²) in [7, 11) is 0. The third-order valence-electron chi connectivity index (χ3n) is 5.92. The Morgan fingerprint density at radius 3 is 1.74 bits per heavy atom. The van der Waals surface area contributed by atoms with Crippen molar-refractivity contribution in [1.82, 2.24) is 4.90 Å². The summed E-state index contributed by atoms with van der Waals surface area (Å²) in [4.78, 5) is 38.0. The summed E-state index contributed by atoms with van der Waals surface area (Å²) >= 11 is 0. The van der Waals surface area contributed by atoms with E-state index < -0.39 is 11.9 Å². The number of hydrogen-bond acceptors (Lipinski definition) is 4. The summed E-state index contributed by atoms with van der Waals surface area (Å²) in [6.07, 6.45) is -0.687. The quantitative estimate of drug-likeness (QED) is 0.274. The molecular formula is C31H27NO6. The number of carbonyl (C=O) groups excluding carboxylic acids is 1. The largest absolute Gasteiger partial charge is 0.481 e. The van der Waals surface area contributed by atoms with Crippen molar-refractivity contribution in [1.29, 1.82) is 0 Å². The van der Waals surface area contributed by atoms with Crippen LogP contribution in [0.5, 0.6) is 11.5 Å². The van der Waals surface area contributed by atoms with Crippen molar-refractivity contribution in [2.45, 2.75) is 25.9 Å². The van der Waals surface area contributed by atoms with E-state index in [4.69, 9.17) is 4.74 Å².